The van der Waals surface area contributed by atoms with E-state index in [2.05, 4.69) is 36.4 Å². The van der Waals surface area contributed by atoms with Gasteiger partial charge in [-0.1, -0.05) is 35.5 Å². The first-order valence-corrected chi connectivity index (χ1v) is 12.6. The quantitative estimate of drug-likeness (QED) is 0.147. The Morgan fingerprint density at radius 1 is 1.12 bits per heavy atom. The highest BCUT2D eigenvalue weighted by Gasteiger charge is 2.11. The molecule has 0 bridgehead atoms. The van der Waals surface area contributed by atoms with Crippen LogP contribution in [0.2, 0.25) is 5.02 Å². The van der Waals surface area contributed by atoms with Crippen LogP contribution in [0.4, 0.5) is 0 Å². The fourth-order valence-electron chi connectivity index (χ4n) is 2.87. The minimum absolute atomic E-state index is 0.156. The van der Waals surface area contributed by atoms with Crippen molar-refractivity contribution in [3.05, 3.63) is 74.5 Å². The van der Waals surface area contributed by atoms with Gasteiger partial charge < -0.3 is 9.47 Å². The molecule has 0 radical (unpaired) electrons. The van der Waals surface area contributed by atoms with Crippen molar-refractivity contribution in [2.75, 3.05) is 12.4 Å². The molecule has 7 nitrogen and oxygen atoms in total. The van der Waals surface area contributed by atoms with Crippen molar-refractivity contribution in [1.29, 1.82) is 0 Å². The van der Waals surface area contributed by atoms with Crippen molar-refractivity contribution < 1.29 is 14.3 Å². The summed E-state index contributed by atoms with van der Waals surface area (Å²) in [6.07, 6.45) is 1.55. The van der Waals surface area contributed by atoms with Crippen molar-refractivity contribution in [3.8, 4) is 11.5 Å². The predicted octanol–water partition coefficient (Wildman–Crippen LogP) is 5.73. The van der Waals surface area contributed by atoms with Gasteiger partial charge in [-0.3, -0.25) is 4.79 Å². The third-order valence-electron chi connectivity index (χ3n) is 4.36. The predicted molar refractivity (Wildman–Crippen MR) is 139 cm³/mol. The molecule has 0 aliphatic rings. The van der Waals surface area contributed by atoms with Crippen LogP contribution in [-0.4, -0.2) is 34.4 Å². The second kappa shape index (κ2) is 12.7. The third kappa shape index (κ3) is 8.00. The smallest absolute Gasteiger partial charge is 0.250 e. The zero-order valence-corrected chi connectivity index (χ0v) is 22.1. The maximum absolute atomic E-state index is 12.2. The number of halogens is 2. The molecule has 0 saturated heterocycles. The second-order valence-corrected chi connectivity index (χ2v) is 9.42. The van der Waals surface area contributed by atoms with Gasteiger partial charge in [-0.15, -0.1) is 0 Å². The van der Waals surface area contributed by atoms with E-state index in [1.54, 1.807) is 12.3 Å². The number of amides is 1. The van der Waals surface area contributed by atoms with Crippen molar-refractivity contribution in [2.24, 2.45) is 5.10 Å². The number of carbonyl (C=O) groups is 1. The Bertz CT molecular complexity index is 1160. The van der Waals surface area contributed by atoms with Gasteiger partial charge in [0.05, 0.1) is 18.6 Å². The average molecular weight is 564 g/mol. The average Bonchev–Trinajstić information content (AvgIpc) is 2.79. The zero-order chi connectivity index (χ0) is 24.5. The monoisotopic (exact) mass is 562 g/mol. The van der Waals surface area contributed by atoms with Crippen LogP contribution < -0.4 is 14.9 Å². The third-order valence-corrected chi connectivity index (χ3v) is 6.14. The summed E-state index contributed by atoms with van der Waals surface area (Å²) >= 11 is 10.7. The van der Waals surface area contributed by atoms with Crippen molar-refractivity contribution in [1.82, 2.24) is 15.4 Å². The van der Waals surface area contributed by atoms with Crippen LogP contribution in [0.3, 0.4) is 0 Å². The summed E-state index contributed by atoms with van der Waals surface area (Å²) in [6, 6.07) is 13.0. The van der Waals surface area contributed by atoms with Crippen LogP contribution >= 0.6 is 39.3 Å². The Labute approximate surface area is 216 Å². The van der Waals surface area contributed by atoms with Crippen molar-refractivity contribution >= 4 is 51.4 Å². The Balaban J connectivity index is 1.61. The van der Waals surface area contributed by atoms with E-state index in [-0.39, 0.29) is 11.7 Å². The van der Waals surface area contributed by atoms with Gasteiger partial charge in [-0.25, -0.2) is 15.4 Å². The molecule has 0 aliphatic carbocycles. The van der Waals surface area contributed by atoms with Crippen molar-refractivity contribution in [2.45, 2.75) is 32.5 Å². The van der Waals surface area contributed by atoms with E-state index in [0.29, 0.717) is 34.9 Å². The van der Waals surface area contributed by atoms with Crippen LogP contribution in [-0.2, 0) is 11.4 Å². The fraction of sp³-hybridized carbons (Fsp3) is 0.250. The lowest BCUT2D eigenvalue weighted by atomic mass is 10.2. The Morgan fingerprint density at radius 2 is 1.79 bits per heavy atom. The SMILES string of the molecule is CCOc1cc(/C=N\NC(=O)CSc2nc(C)cc(C)n2)c(Br)cc1OCc1ccc(Cl)cc1. The molecule has 34 heavy (non-hydrogen) atoms. The molecule has 3 aromatic rings. The number of hydrogen-bond donors (Lipinski definition) is 1. The van der Waals surface area contributed by atoms with E-state index >= 15 is 0 Å². The highest BCUT2D eigenvalue weighted by Crippen LogP contribution is 2.34. The molecule has 2 aromatic carbocycles. The molecular formula is C24H24BrClN4O3S. The second-order valence-electron chi connectivity index (χ2n) is 7.18. The number of hydrazone groups is 1. The molecule has 0 unspecified atom stereocenters. The highest BCUT2D eigenvalue weighted by molar-refractivity contribution is 9.10. The summed E-state index contributed by atoms with van der Waals surface area (Å²) in [5.41, 5.74) is 5.97. The van der Waals surface area contributed by atoms with E-state index < -0.39 is 0 Å². The van der Waals surface area contributed by atoms with E-state index in [9.17, 15) is 4.79 Å². The Morgan fingerprint density at radius 3 is 2.47 bits per heavy atom. The van der Waals surface area contributed by atoms with Gasteiger partial charge in [0, 0.05) is 26.4 Å². The number of benzene rings is 2. The molecule has 10 heteroatoms. The number of rotatable bonds is 10. The number of nitrogens with zero attached hydrogens (tertiary/aromatic N) is 3. The van der Waals surface area contributed by atoms with E-state index in [4.69, 9.17) is 21.1 Å². The number of hydrogen-bond acceptors (Lipinski definition) is 7. The summed E-state index contributed by atoms with van der Waals surface area (Å²) in [7, 11) is 0. The van der Waals surface area contributed by atoms with Gasteiger partial charge in [-0.05, 0) is 72.6 Å². The maximum Gasteiger partial charge on any atom is 0.250 e. The lowest BCUT2D eigenvalue weighted by Gasteiger charge is -2.14. The van der Waals surface area contributed by atoms with E-state index in [1.165, 1.54) is 11.8 Å². The first kappa shape index (κ1) is 26.0. The summed E-state index contributed by atoms with van der Waals surface area (Å²) in [6.45, 7) is 6.53. The molecule has 1 N–H and O–H groups in total. The van der Waals surface area contributed by atoms with Gasteiger partial charge in [-0.2, -0.15) is 5.10 Å². The molecule has 0 fully saturated rings. The number of carbonyl (C=O) groups excluding carboxylic acids is 1. The normalized spacial score (nSPS) is 11.0. The van der Waals surface area contributed by atoms with Gasteiger partial charge in [0.25, 0.3) is 5.91 Å². The molecule has 0 atom stereocenters. The number of nitrogens with one attached hydrogen (secondary N) is 1. The van der Waals surface area contributed by atoms with Gasteiger partial charge in [0.1, 0.15) is 6.61 Å². The largest absolute Gasteiger partial charge is 0.490 e. The number of aromatic nitrogens is 2. The lowest BCUT2D eigenvalue weighted by Crippen LogP contribution is -2.20. The van der Waals surface area contributed by atoms with Gasteiger partial charge in [0.15, 0.2) is 16.7 Å². The molecule has 1 aromatic heterocycles. The lowest BCUT2D eigenvalue weighted by molar-refractivity contribution is -0.118. The van der Waals surface area contributed by atoms with E-state index in [1.807, 2.05) is 57.2 Å². The minimum Gasteiger partial charge on any atom is -0.490 e. The molecule has 1 amide bonds. The van der Waals surface area contributed by atoms with Crippen LogP contribution in [0, 0.1) is 13.8 Å². The van der Waals surface area contributed by atoms with Crippen LogP contribution in [0.5, 0.6) is 11.5 Å². The fourth-order valence-corrected chi connectivity index (χ4v) is 4.16. The van der Waals surface area contributed by atoms with Gasteiger partial charge >= 0.3 is 0 Å². The van der Waals surface area contributed by atoms with Crippen LogP contribution in [0.25, 0.3) is 0 Å². The molecule has 0 saturated carbocycles. The maximum atomic E-state index is 12.2. The van der Waals surface area contributed by atoms with E-state index in [0.717, 1.165) is 27.0 Å². The number of aryl methyl sites for hydroxylation is 2. The topological polar surface area (TPSA) is 85.7 Å². The Hall–Kier alpha value is -2.62. The first-order valence-electron chi connectivity index (χ1n) is 10.4. The van der Waals surface area contributed by atoms with Crippen molar-refractivity contribution in [3.63, 3.8) is 0 Å². The number of ether oxygens (including phenoxy) is 2. The molecular weight excluding hydrogens is 540 g/mol. The summed E-state index contributed by atoms with van der Waals surface area (Å²) in [5, 5.41) is 5.31. The zero-order valence-electron chi connectivity index (χ0n) is 19.0. The standard InChI is InChI=1S/C24H24BrClN4O3S/c1-4-32-21-10-18(20(25)11-22(21)33-13-17-5-7-19(26)8-6-17)12-27-30-23(31)14-34-24-28-15(2)9-16(3)29-24/h5-12H,4,13-14H2,1-3H3,(H,30,31)/b27-12-. The molecule has 1 heterocycles. The molecule has 0 spiro atoms. The van der Waals surface area contributed by atoms with Gasteiger partial charge in [0.2, 0.25) is 0 Å². The molecule has 178 valence electrons. The summed E-state index contributed by atoms with van der Waals surface area (Å²) in [4.78, 5) is 20.8. The first-order chi connectivity index (χ1) is 16.3. The highest BCUT2D eigenvalue weighted by atomic mass is 79.9. The molecule has 0 aliphatic heterocycles. The van der Waals surface area contributed by atoms with Crippen LogP contribution in [0.15, 0.2) is 57.2 Å². The summed E-state index contributed by atoms with van der Waals surface area (Å²) < 4.78 is 12.4. The van der Waals surface area contributed by atoms with Crippen LogP contribution in [0.1, 0.15) is 29.4 Å². The molecule has 3 rings (SSSR count). The minimum atomic E-state index is -0.256. The number of thioether (sulfide) groups is 1. The summed E-state index contributed by atoms with van der Waals surface area (Å²) in [5.74, 6) is 1.07. The Kier molecular flexibility index (Phi) is 9.74.